The number of hydrogen-bond donors (Lipinski definition) is 1. The van der Waals surface area contributed by atoms with Gasteiger partial charge in [0.1, 0.15) is 17.0 Å². The Morgan fingerprint density at radius 1 is 1.14 bits per heavy atom. The molecule has 1 amide bonds. The number of amides is 1. The minimum absolute atomic E-state index is 0.0332. The number of fused-ring (bicyclic) bond motifs is 1. The number of nitrogens with zero attached hydrogens (tertiary/aromatic N) is 2. The minimum atomic E-state index is -0.163. The van der Waals surface area contributed by atoms with Gasteiger partial charge in [-0.1, -0.05) is 18.6 Å². The van der Waals surface area contributed by atoms with Crippen molar-refractivity contribution >= 4 is 5.91 Å². The van der Waals surface area contributed by atoms with E-state index in [0.717, 1.165) is 48.6 Å². The number of aromatic nitrogens is 1. The molecule has 1 aromatic heterocycles. The van der Waals surface area contributed by atoms with Crippen molar-refractivity contribution in [3.05, 3.63) is 47.8 Å². The zero-order valence-electron chi connectivity index (χ0n) is 17.1. The number of benzene rings is 1. The van der Waals surface area contributed by atoms with Crippen LogP contribution in [0, 0.1) is 0 Å². The number of pyridine rings is 1. The lowest BCUT2D eigenvalue weighted by molar-refractivity contribution is -0.0336. The van der Waals surface area contributed by atoms with E-state index in [4.69, 9.17) is 4.74 Å². The van der Waals surface area contributed by atoms with Gasteiger partial charge < -0.3 is 15.0 Å². The van der Waals surface area contributed by atoms with E-state index < -0.39 is 0 Å². The van der Waals surface area contributed by atoms with Gasteiger partial charge in [0.2, 0.25) is 0 Å². The SMILES string of the molecule is CNC(=O)c1ccc(-c2ccc3c(c2)CCC2(CCN(C4CCC4)CC2)O3)cn1. The van der Waals surface area contributed by atoms with Crippen molar-refractivity contribution in [1.29, 1.82) is 0 Å². The molecule has 3 aliphatic rings. The second kappa shape index (κ2) is 7.45. The second-order valence-corrected chi connectivity index (χ2v) is 8.74. The number of piperidine rings is 1. The van der Waals surface area contributed by atoms with Crippen molar-refractivity contribution in [2.75, 3.05) is 20.1 Å². The fourth-order valence-electron chi connectivity index (χ4n) is 4.93. The van der Waals surface area contributed by atoms with Crippen LogP contribution in [-0.4, -0.2) is 47.6 Å². The van der Waals surface area contributed by atoms with Crippen LogP contribution < -0.4 is 10.1 Å². The number of aryl methyl sites for hydroxylation is 1. The number of nitrogens with one attached hydrogen (secondary N) is 1. The van der Waals surface area contributed by atoms with E-state index in [2.05, 4.69) is 33.4 Å². The molecule has 3 heterocycles. The van der Waals surface area contributed by atoms with Gasteiger partial charge in [-0.2, -0.15) is 0 Å². The Morgan fingerprint density at radius 2 is 1.93 bits per heavy atom. The molecule has 0 unspecified atom stereocenters. The van der Waals surface area contributed by atoms with Crippen molar-refractivity contribution in [3.8, 4) is 16.9 Å². The molecule has 2 fully saturated rings. The summed E-state index contributed by atoms with van der Waals surface area (Å²) in [5, 5.41) is 2.60. The Labute approximate surface area is 172 Å². The van der Waals surface area contributed by atoms with Gasteiger partial charge in [0.15, 0.2) is 0 Å². The van der Waals surface area contributed by atoms with Crippen LogP contribution in [0.15, 0.2) is 36.5 Å². The Bertz CT molecular complexity index is 897. The number of carbonyl (C=O) groups excluding carboxylic acids is 1. The van der Waals surface area contributed by atoms with Gasteiger partial charge in [-0.15, -0.1) is 0 Å². The molecular weight excluding hydrogens is 362 g/mol. The third-order valence-corrected chi connectivity index (χ3v) is 7.09. The van der Waals surface area contributed by atoms with Crippen molar-refractivity contribution in [2.45, 2.75) is 56.6 Å². The van der Waals surface area contributed by atoms with E-state index in [1.165, 1.54) is 37.9 Å². The molecule has 0 radical (unpaired) electrons. The zero-order valence-corrected chi connectivity index (χ0v) is 17.1. The fraction of sp³-hybridized carbons (Fsp3) is 0.500. The highest BCUT2D eigenvalue weighted by atomic mass is 16.5. The predicted molar refractivity (Wildman–Crippen MR) is 113 cm³/mol. The monoisotopic (exact) mass is 391 g/mol. The minimum Gasteiger partial charge on any atom is -0.487 e. The van der Waals surface area contributed by atoms with Gasteiger partial charge in [0, 0.05) is 37.9 Å². The highest BCUT2D eigenvalue weighted by Crippen LogP contribution is 2.42. The number of carbonyl (C=O) groups is 1. The van der Waals surface area contributed by atoms with Crippen molar-refractivity contribution in [2.24, 2.45) is 0 Å². The first kappa shape index (κ1) is 18.6. The van der Waals surface area contributed by atoms with Gasteiger partial charge in [0.25, 0.3) is 5.91 Å². The average molecular weight is 392 g/mol. The van der Waals surface area contributed by atoms with Gasteiger partial charge in [0.05, 0.1) is 0 Å². The Balaban J connectivity index is 1.29. The molecule has 0 bridgehead atoms. The molecular formula is C24H29N3O2. The fourth-order valence-corrected chi connectivity index (χ4v) is 4.93. The summed E-state index contributed by atoms with van der Waals surface area (Å²) in [7, 11) is 1.62. The Morgan fingerprint density at radius 3 is 2.59 bits per heavy atom. The van der Waals surface area contributed by atoms with E-state index in [9.17, 15) is 4.79 Å². The van der Waals surface area contributed by atoms with Crippen molar-refractivity contribution in [1.82, 2.24) is 15.2 Å². The molecule has 152 valence electrons. The van der Waals surface area contributed by atoms with Crippen molar-refractivity contribution < 1.29 is 9.53 Å². The van der Waals surface area contributed by atoms with Crippen LogP contribution in [0.3, 0.4) is 0 Å². The summed E-state index contributed by atoms with van der Waals surface area (Å²) in [6.07, 6.45) is 10.4. The van der Waals surface area contributed by atoms with Crippen LogP contribution in [-0.2, 0) is 6.42 Å². The lowest BCUT2D eigenvalue weighted by Gasteiger charge is -2.48. The summed E-state index contributed by atoms with van der Waals surface area (Å²) >= 11 is 0. The van der Waals surface area contributed by atoms with E-state index >= 15 is 0 Å². The summed E-state index contributed by atoms with van der Waals surface area (Å²) < 4.78 is 6.60. The first-order valence-corrected chi connectivity index (χ1v) is 10.9. The standard InChI is InChI=1S/C24H29N3O2/c1-25-23(28)21-7-5-19(16-26-21)17-6-8-22-18(15-17)9-10-24(29-22)11-13-27(14-12-24)20-3-2-4-20/h5-8,15-16,20H,2-4,9-14H2,1H3,(H,25,28). The number of rotatable bonds is 3. The van der Waals surface area contributed by atoms with E-state index in [0.29, 0.717) is 5.69 Å². The smallest absolute Gasteiger partial charge is 0.269 e. The molecule has 5 nitrogen and oxygen atoms in total. The Hall–Kier alpha value is -2.40. The average Bonchev–Trinajstić information content (AvgIpc) is 2.73. The first-order chi connectivity index (χ1) is 14.2. The van der Waals surface area contributed by atoms with Crippen LogP contribution in [0.4, 0.5) is 0 Å². The maximum atomic E-state index is 11.7. The van der Waals surface area contributed by atoms with Crippen LogP contribution >= 0.6 is 0 Å². The van der Waals surface area contributed by atoms with Crippen LogP contribution in [0.2, 0.25) is 0 Å². The molecule has 1 spiro atoms. The topological polar surface area (TPSA) is 54.5 Å². The molecule has 0 atom stereocenters. The summed E-state index contributed by atoms with van der Waals surface area (Å²) in [4.78, 5) is 18.7. The van der Waals surface area contributed by atoms with Crippen LogP contribution in [0.25, 0.3) is 11.1 Å². The van der Waals surface area contributed by atoms with Gasteiger partial charge >= 0.3 is 0 Å². The van der Waals surface area contributed by atoms with Crippen LogP contribution in [0.1, 0.15) is 54.6 Å². The third-order valence-electron chi connectivity index (χ3n) is 7.09. The normalized spacial score (nSPS) is 21.1. The van der Waals surface area contributed by atoms with Gasteiger partial charge in [-0.05, 0) is 67.9 Å². The maximum Gasteiger partial charge on any atom is 0.269 e. The summed E-state index contributed by atoms with van der Waals surface area (Å²) in [5.41, 5.74) is 3.90. The number of hydrogen-bond acceptors (Lipinski definition) is 4. The molecule has 5 heteroatoms. The maximum absolute atomic E-state index is 11.7. The predicted octanol–water partition coefficient (Wildman–Crippen LogP) is 3.82. The zero-order chi connectivity index (χ0) is 19.8. The third kappa shape index (κ3) is 3.52. The highest BCUT2D eigenvalue weighted by molar-refractivity contribution is 5.92. The van der Waals surface area contributed by atoms with E-state index in [1.54, 1.807) is 19.3 Å². The summed E-state index contributed by atoms with van der Waals surface area (Å²) in [5.74, 6) is 0.885. The highest BCUT2D eigenvalue weighted by Gasteiger charge is 2.41. The summed E-state index contributed by atoms with van der Waals surface area (Å²) in [6, 6.07) is 11.0. The molecule has 1 aliphatic carbocycles. The van der Waals surface area contributed by atoms with E-state index in [1.807, 2.05) is 6.07 Å². The molecule has 1 N–H and O–H groups in total. The molecule has 2 aliphatic heterocycles. The lowest BCUT2D eigenvalue weighted by Crippen LogP contribution is -2.53. The second-order valence-electron chi connectivity index (χ2n) is 8.74. The molecule has 2 aromatic rings. The first-order valence-electron chi connectivity index (χ1n) is 10.9. The molecule has 5 rings (SSSR count). The van der Waals surface area contributed by atoms with Gasteiger partial charge in [-0.25, -0.2) is 0 Å². The van der Waals surface area contributed by atoms with E-state index in [-0.39, 0.29) is 11.5 Å². The number of ether oxygens (including phenoxy) is 1. The quantitative estimate of drug-likeness (QED) is 0.864. The largest absolute Gasteiger partial charge is 0.487 e. The van der Waals surface area contributed by atoms with Gasteiger partial charge in [-0.3, -0.25) is 9.78 Å². The Kier molecular flexibility index (Phi) is 4.78. The molecule has 1 aromatic carbocycles. The molecule has 29 heavy (non-hydrogen) atoms. The van der Waals surface area contributed by atoms with Crippen molar-refractivity contribution in [3.63, 3.8) is 0 Å². The summed E-state index contributed by atoms with van der Waals surface area (Å²) in [6.45, 7) is 2.36. The molecule has 1 saturated carbocycles. The lowest BCUT2D eigenvalue weighted by atomic mass is 9.81. The van der Waals surface area contributed by atoms with Crippen LogP contribution in [0.5, 0.6) is 5.75 Å². The molecule has 1 saturated heterocycles. The number of likely N-dealkylation sites (tertiary alicyclic amines) is 1.